The number of aryl methyl sites for hydroxylation is 3. The molecule has 0 saturated carbocycles. The number of hydrogen-bond acceptors (Lipinski definition) is 4. The highest BCUT2D eigenvalue weighted by Gasteiger charge is 2.24. The molecule has 0 aliphatic heterocycles. The number of carbonyl (C=O) groups is 1. The maximum atomic E-state index is 13.3. The maximum Gasteiger partial charge on any atom is 0.265 e. The largest absolute Gasteiger partial charge is 0.364 e. The van der Waals surface area contributed by atoms with Crippen LogP contribution in [0.5, 0.6) is 0 Å². The minimum Gasteiger partial charge on any atom is -0.364 e. The Hall–Kier alpha value is -3.45. The summed E-state index contributed by atoms with van der Waals surface area (Å²) in [5.74, 6) is -0.606. The van der Waals surface area contributed by atoms with Gasteiger partial charge in [-0.3, -0.25) is 9.78 Å². The van der Waals surface area contributed by atoms with Crippen molar-refractivity contribution in [1.29, 1.82) is 0 Å². The number of benzene rings is 2. The standard InChI is InChI=1S/C24H23N3O3S/c1-15-11-16(2)20(17(3)12-15)14-27-21-5-4-6-23(19(21)13-22(27)24(25)28)31(29,30)18-7-9-26-10-8-18/h4-13H,14H2,1-3H3,(H2,25,28). The molecule has 7 heteroatoms. The average Bonchev–Trinajstić information content (AvgIpc) is 3.10. The molecule has 0 saturated heterocycles. The summed E-state index contributed by atoms with van der Waals surface area (Å²) in [5.41, 5.74) is 11.1. The first-order chi connectivity index (χ1) is 14.7. The summed E-state index contributed by atoms with van der Waals surface area (Å²) in [4.78, 5) is 16.5. The molecule has 2 N–H and O–H groups in total. The molecular weight excluding hydrogens is 410 g/mol. The van der Waals surface area contributed by atoms with Gasteiger partial charge in [0.1, 0.15) is 5.69 Å². The zero-order valence-electron chi connectivity index (χ0n) is 17.6. The summed E-state index contributed by atoms with van der Waals surface area (Å²) >= 11 is 0. The summed E-state index contributed by atoms with van der Waals surface area (Å²) in [7, 11) is -3.79. The summed E-state index contributed by atoms with van der Waals surface area (Å²) in [6.07, 6.45) is 2.88. The number of amides is 1. The Morgan fingerprint density at radius 1 is 1.00 bits per heavy atom. The third-order valence-electron chi connectivity index (χ3n) is 5.56. The smallest absolute Gasteiger partial charge is 0.265 e. The molecule has 0 spiro atoms. The van der Waals surface area contributed by atoms with Gasteiger partial charge in [0.05, 0.1) is 15.3 Å². The molecule has 0 radical (unpaired) electrons. The van der Waals surface area contributed by atoms with E-state index < -0.39 is 15.7 Å². The minimum absolute atomic E-state index is 0.134. The molecule has 2 aromatic carbocycles. The number of fused-ring (bicyclic) bond motifs is 1. The number of primary amides is 1. The van der Waals surface area contributed by atoms with E-state index in [0.717, 1.165) is 22.3 Å². The fraction of sp³-hybridized carbons (Fsp3) is 0.167. The van der Waals surface area contributed by atoms with Crippen LogP contribution in [0.3, 0.4) is 0 Å². The molecule has 0 aliphatic carbocycles. The Labute approximate surface area is 181 Å². The highest BCUT2D eigenvalue weighted by Crippen LogP contribution is 2.32. The Balaban J connectivity index is 1.95. The molecule has 6 nitrogen and oxygen atoms in total. The zero-order chi connectivity index (χ0) is 22.3. The van der Waals surface area contributed by atoms with Crippen molar-refractivity contribution >= 4 is 26.6 Å². The summed E-state index contributed by atoms with van der Waals surface area (Å²) < 4.78 is 28.4. The first-order valence-electron chi connectivity index (χ1n) is 9.84. The highest BCUT2D eigenvalue weighted by atomic mass is 32.2. The fourth-order valence-corrected chi connectivity index (χ4v) is 5.57. The molecule has 31 heavy (non-hydrogen) atoms. The quantitative estimate of drug-likeness (QED) is 0.516. The first kappa shape index (κ1) is 20.8. The van der Waals surface area contributed by atoms with Crippen LogP contribution in [0, 0.1) is 20.8 Å². The van der Waals surface area contributed by atoms with Crippen molar-refractivity contribution in [2.24, 2.45) is 5.73 Å². The zero-order valence-corrected chi connectivity index (χ0v) is 18.4. The molecule has 1 amide bonds. The third kappa shape index (κ3) is 3.61. The van der Waals surface area contributed by atoms with E-state index in [-0.39, 0.29) is 15.5 Å². The Morgan fingerprint density at radius 2 is 1.65 bits per heavy atom. The van der Waals surface area contributed by atoms with Crippen LogP contribution in [0.2, 0.25) is 0 Å². The minimum atomic E-state index is -3.79. The van der Waals surface area contributed by atoms with E-state index >= 15 is 0 Å². The lowest BCUT2D eigenvalue weighted by atomic mass is 9.99. The third-order valence-corrected chi connectivity index (χ3v) is 7.39. The van der Waals surface area contributed by atoms with E-state index in [1.54, 1.807) is 22.8 Å². The van der Waals surface area contributed by atoms with Crippen LogP contribution in [0.4, 0.5) is 0 Å². The molecular formula is C24H23N3O3S. The van der Waals surface area contributed by atoms with Gasteiger partial charge in [-0.1, -0.05) is 23.8 Å². The molecule has 4 aromatic rings. The van der Waals surface area contributed by atoms with Gasteiger partial charge in [0.15, 0.2) is 0 Å². The van der Waals surface area contributed by atoms with E-state index in [4.69, 9.17) is 5.73 Å². The van der Waals surface area contributed by atoms with E-state index in [1.165, 1.54) is 24.5 Å². The summed E-state index contributed by atoms with van der Waals surface area (Å²) in [6.45, 7) is 6.52. The Bertz CT molecular complexity index is 1400. The van der Waals surface area contributed by atoms with Crippen molar-refractivity contribution < 1.29 is 13.2 Å². The summed E-state index contributed by atoms with van der Waals surface area (Å²) in [6, 6.07) is 13.7. The molecule has 0 fully saturated rings. The van der Waals surface area contributed by atoms with E-state index in [0.29, 0.717) is 17.4 Å². The van der Waals surface area contributed by atoms with Crippen molar-refractivity contribution in [3.05, 3.63) is 88.9 Å². The van der Waals surface area contributed by atoms with Crippen LogP contribution in [0.25, 0.3) is 10.9 Å². The summed E-state index contributed by atoms with van der Waals surface area (Å²) in [5, 5.41) is 0.468. The number of rotatable bonds is 5. The Kier molecular flexibility index (Phi) is 5.15. The molecule has 0 unspecified atom stereocenters. The highest BCUT2D eigenvalue weighted by molar-refractivity contribution is 7.91. The predicted molar refractivity (Wildman–Crippen MR) is 120 cm³/mol. The van der Waals surface area contributed by atoms with Gasteiger partial charge in [-0.05, 0) is 67.8 Å². The van der Waals surface area contributed by atoms with Crippen molar-refractivity contribution in [3.8, 4) is 0 Å². The van der Waals surface area contributed by atoms with Crippen LogP contribution < -0.4 is 5.73 Å². The number of hydrogen-bond donors (Lipinski definition) is 1. The van der Waals surface area contributed by atoms with Gasteiger partial charge < -0.3 is 10.3 Å². The predicted octanol–water partition coefficient (Wildman–Crippen LogP) is 3.94. The van der Waals surface area contributed by atoms with Gasteiger partial charge in [0.2, 0.25) is 9.84 Å². The molecule has 0 aliphatic rings. The second-order valence-corrected chi connectivity index (χ2v) is 9.65. The second kappa shape index (κ2) is 7.67. The van der Waals surface area contributed by atoms with E-state index in [2.05, 4.69) is 17.1 Å². The molecule has 0 bridgehead atoms. The average molecular weight is 434 g/mol. The molecule has 2 aromatic heterocycles. The molecule has 0 atom stereocenters. The van der Waals surface area contributed by atoms with Crippen LogP contribution in [0.1, 0.15) is 32.7 Å². The van der Waals surface area contributed by atoms with Crippen LogP contribution >= 0.6 is 0 Å². The van der Waals surface area contributed by atoms with Crippen LogP contribution in [-0.4, -0.2) is 23.9 Å². The van der Waals surface area contributed by atoms with E-state index in [9.17, 15) is 13.2 Å². The molecule has 2 heterocycles. The van der Waals surface area contributed by atoms with Crippen molar-refractivity contribution in [2.45, 2.75) is 37.1 Å². The number of sulfone groups is 1. The number of carbonyl (C=O) groups excluding carboxylic acids is 1. The lowest BCUT2D eigenvalue weighted by molar-refractivity contribution is 0.0992. The molecule has 158 valence electrons. The topological polar surface area (TPSA) is 95.0 Å². The van der Waals surface area contributed by atoms with Crippen molar-refractivity contribution in [2.75, 3.05) is 0 Å². The van der Waals surface area contributed by atoms with Crippen LogP contribution in [0.15, 0.2) is 70.7 Å². The number of pyridine rings is 1. The van der Waals surface area contributed by atoms with Crippen molar-refractivity contribution in [3.63, 3.8) is 0 Å². The molecule has 4 rings (SSSR count). The van der Waals surface area contributed by atoms with Gasteiger partial charge in [-0.2, -0.15) is 0 Å². The maximum absolute atomic E-state index is 13.3. The van der Waals surface area contributed by atoms with Gasteiger partial charge in [0, 0.05) is 24.3 Å². The van der Waals surface area contributed by atoms with Gasteiger partial charge in [0.25, 0.3) is 5.91 Å². The second-order valence-electron chi connectivity index (χ2n) is 7.73. The van der Waals surface area contributed by atoms with Gasteiger partial charge in [-0.25, -0.2) is 8.42 Å². The monoisotopic (exact) mass is 433 g/mol. The van der Waals surface area contributed by atoms with Crippen LogP contribution in [-0.2, 0) is 16.4 Å². The Morgan fingerprint density at radius 3 is 2.26 bits per heavy atom. The lowest BCUT2D eigenvalue weighted by Crippen LogP contribution is -2.18. The number of aromatic nitrogens is 2. The fourth-order valence-electron chi connectivity index (χ4n) is 4.13. The SMILES string of the molecule is Cc1cc(C)c(Cn2c(C(N)=O)cc3c(S(=O)(=O)c4ccncc4)cccc32)c(C)c1. The number of nitrogens with two attached hydrogens (primary N) is 1. The van der Waals surface area contributed by atoms with E-state index in [1.807, 2.05) is 26.8 Å². The van der Waals surface area contributed by atoms with Gasteiger partial charge in [-0.15, -0.1) is 0 Å². The van der Waals surface area contributed by atoms with Gasteiger partial charge >= 0.3 is 0 Å². The van der Waals surface area contributed by atoms with Crippen molar-refractivity contribution in [1.82, 2.24) is 9.55 Å². The first-order valence-corrected chi connectivity index (χ1v) is 11.3. The number of nitrogens with zero attached hydrogens (tertiary/aromatic N) is 2. The lowest BCUT2D eigenvalue weighted by Gasteiger charge is -2.15. The normalized spacial score (nSPS) is 11.7.